The first-order valence-electron chi connectivity index (χ1n) is 7.41. The van der Waals surface area contributed by atoms with E-state index in [0.29, 0.717) is 12.1 Å². The first-order valence-corrected chi connectivity index (χ1v) is 7.41. The van der Waals surface area contributed by atoms with Crippen molar-refractivity contribution in [1.82, 2.24) is 10.2 Å². The summed E-state index contributed by atoms with van der Waals surface area (Å²) in [6.45, 7) is 5.78. The minimum atomic E-state index is -0.116. The van der Waals surface area contributed by atoms with Gasteiger partial charge in [0.05, 0.1) is 17.7 Å². The maximum Gasteiger partial charge on any atom is 0.240 e. The number of piperidine rings is 1. The minimum Gasteiger partial charge on any atom is -0.340 e. The second kappa shape index (κ2) is 6.28. The molecule has 1 atom stereocenters. The largest absolute Gasteiger partial charge is 0.340 e. The van der Waals surface area contributed by atoms with Gasteiger partial charge in [0.1, 0.15) is 0 Å². The highest BCUT2D eigenvalue weighted by atomic mass is 16.2. The number of hydrogen-bond donors (Lipinski definition) is 1. The summed E-state index contributed by atoms with van der Waals surface area (Å²) < 4.78 is 0. The molecule has 4 nitrogen and oxygen atoms in total. The lowest BCUT2D eigenvalue weighted by Crippen LogP contribution is -2.55. The Balaban J connectivity index is 2.03. The van der Waals surface area contributed by atoms with Gasteiger partial charge in [-0.2, -0.15) is 5.26 Å². The summed E-state index contributed by atoms with van der Waals surface area (Å²) in [5.41, 5.74) is 1.68. The Bertz CT molecular complexity index is 542. The van der Waals surface area contributed by atoms with Crippen molar-refractivity contribution in [2.24, 2.45) is 5.41 Å². The molecule has 2 rings (SSSR count). The van der Waals surface area contributed by atoms with Gasteiger partial charge in [-0.15, -0.1) is 0 Å². The first kappa shape index (κ1) is 15.5. The number of hydrogen-bond acceptors (Lipinski definition) is 3. The second-order valence-corrected chi connectivity index (χ2v) is 6.48. The predicted octanol–water partition coefficient (Wildman–Crippen LogP) is 2.29. The third-order valence-electron chi connectivity index (χ3n) is 4.25. The van der Waals surface area contributed by atoms with Crippen molar-refractivity contribution in [1.29, 1.82) is 5.26 Å². The third-order valence-corrected chi connectivity index (χ3v) is 4.25. The molecule has 1 aliphatic rings. The quantitative estimate of drug-likeness (QED) is 0.927. The Morgan fingerprint density at radius 2 is 2.10 bits per heavy atom. The summed E-state index contributed by atoms with van der Waals surface area (Å²) in [6.07, 6.45) is 2.19. The lowest BCUT2D eigenvalue weighted by molar-refractivity contribution is -0.136. The summed E-state index contributed by atoms with van der Waals surface area (Å²) in [7, 11) is 1.84. The zero-order valence-electron chi connectivity index (χ0n) is 13.0. The van der Waals surface area contributed by atoms with Crippen LogP contribution in [-0.4, -0.2) is 30.4 Å². The van der Waals surface area contributed by atoms with Crippen LogP contribution in [0.15, 0.2) is 24.3 Å². The Hall–Kier alpha value is -1.86. The van der Waals surface area contributed by atoms with Crippen molar-refractivity contribution in [3.8, 4) is 6.07 Å². The van der Waals surface area contributed by atoms with Crippen LogP contribution in [0.1, 0.15) is 37.8 Å². The zero-order chi connectivity index (χ0) is 15.5. The fourth-order valence-corrected chi connectivity index (χ4v) is 2.89. The zero-order valence-corrected chi connectivity index (χ0v) is 13.0. The Labute approximate surface area is 126 Å². The van der Waals surface area contributed by atoms with E-state index >= 15 is 0 Å². The third kappa shape index (κ3) is 3.62. The molecule has 1 saturated heterocycles. The number of nitrogens with zero attached hydrogens (tertiary/aromatic N) is 2. The molecule has 21 heavy (non-hydrogen) atoms. The van der Waals surface area contributed by atoms with Gasteiger partial charge in [0.2, 0.25) is 5.91 Å². The predicted molar refractivity (Wildman–Crippen MR) is 82.4 cm³/mol. The van der Waals surface area contributed by atoms with E-state index in [1.165, 1.54) is 0 Å². The maximum absolute atomic E-state index is 12.7. The van der Waals surface area contributed by atoms with E-state index in [9.17, 15) is 4.79 Å². The van der Waals surface area contributed by atoms with Crippen LogP contribution in [0.4, 0.5) is 0 Å². The summed E-state index contributed by atoms with van der Waals surface area (Å²) in [5, 5.41) is 12.2. The molecule has 112 valence electrons. The van der Waals surface area contributed by atoms with E-state index in [4.69, 9.17) is 5.26 Å². The van der Waals surface area contributed by atoms with Crippen molar-refractivity contribution >= 4 is 5.91 Å². The smallest absolute Gasteiger partial charge is 0.240 e. The fourth-order valence-electron chi connectivity index (χ4n) is 2.89. The fraction of sp³-hybridized carbons (Fsp3) is 0.529. The molecule has 1 aliphatic heterocycles. The summed E-state index contributed by atoms with van der Waals surface area (Å²) in [5.74, 6) is 0.143. The van der Waals surface area contributed by atoms with Gasteiger partial charge in [-0.05, 0) is 42.5 Å². The van der Waals surface area contributed by atoms with Gasteiger partial charge in [-0.25, -0.2) is 0 Å². The standard InChI is InChI=1S/C17H23N3O/c1-17(2)9-4-10-19-15(17)16(21)20(3)12-14-7-5-13(11-18)6-8-14/h5-8,15,19H,4,9-10,12H2,1-3H3. The van der Waals surface area contributed by atoms with Gasteiger partial charge in [-0.1, -0.05) is 26.0 Å². The molecule has 1 amide bonds. The van der Waals surface area contributed by atoms with Crippen LogP contribution < -0.4 is 5.32 Å². The molecule has 1 heterocycles. The highest BCUT2D eigenvalue weighted by Crippen LogP contribution is 2.31. The van der Waals surface area contributed by atoms with Gasteiger partial charge in [0.15, 0.2) is 0 Å². The SMILES string of the molecule is CN(Cc1ccc(C#N)cc1)C(=O)C1NCCCC1(C)C. The number of likely N-dealkylation sites (N-methyl/N-ethyl adjacent to an activating group) is 1. The van der Waals surface area contributed by atoms with E-state index in [1.807, 2.05) is 19.2 Å². The van der Waals surface area contributed by atoms with Crippen LogP contribution in [-0.2, 0) is 11.3 Å². The maximum atomic E-state index is 12.7. The van der Waals surface area contributed by atoms with Crippen molar-refractivity contribution in [2.45, 2.75) is 39.3 Å². The number of carbonyl (C=O) groups excluding carboxylic acids is 1. The highest BCUT2D eigenvalue weighted by Gasteiger charge is 2.38. The Kier molecular flexibility index (Phi) is 4.64. The van der Waals surface area contributed by atoms with Gasteiger partial charge in [-0.3, -0.25) is 4.79 Å². The molecule has 4 heteroatoms. The van der Waals surface area contributed by atoms with E-state index in [-0.39, 0.29) is 17.4 Å². The number of benzene rings is 1. The summed E-state index contributed by atoms with van der Waals surface area (Å²) in [6, 6.07) is 9.37. The van der Waals surface area contributed by atoms with Gasteiger partial charge < -0.3 is 10.2 Å². The molecule has 0 saturated carbocycles. The Morgan fingerprint density at radius 3 is 2.67 bits per heavy atom. The summed E-state index contributed by atoms with van der Waals surface area (Å²) >= 11 is 0. The topological polar surface area (TPSA) is 56.1 Å². The van der Waals surface area contributed by atoms with Crippen LogP contribution >= 0.6 is 0 Å². The molecule has 0 bridgehead atoms. The molecule has 1 aromatic carbocycles. The van der Waals surface area contributed by atoms with Gasteiger partial charge in [0.25, 0.3) is 0 Å². The molecule has 0 spiro atoms. The lowest BCUT2D eigenvalue weighted by Gasteiger charge is -2.40. The molecule has 1 N–H and O–H groups in total. The van der Waals surface area contributed by atoms with Crippen molar-refractivity contribution < 1.29 is 4.79 Å². The minimum absolute atomic E-state index is 0.00570. The van der Waals surface area contributed by atoms with Crippen LogP contribution in [0, 0.1) is 16.7 Å². The molecule has 1 unspecified atom stereocenters. The number of amides is 1. The number of nitriles is 1. The lowest BCUT2D eigenvalue weighted by atomic mass is 9.77. The van der Waals surface area contributed by atoms with Crippen LogP contribution in [0.5, 0.6) is 0 Å². The molecule has 1 fully saturated rings. The van der Waals surface area contributed by atoms with Crippen molar-refractivity contribution in [3.63, 3.8) is 0 Å². The van der Waals surface area contributed by atoms with Crippen molar-refractivity contribution in [2.75, 3.05) is 13.6 Å². The van der Waals surface area contributed by atoms with E-state index < -0.39 is 0 Å². The monoisotopic (exact) mass is 285 g/mol. The van der Waals surface area contributed by atoms with Crippen LogP contribution in [0.2, 0.25) is 0 Å². The normalized spacial score (nSPS) is 20.6. The average Bonchev–Trinajstić information content (AvgIpc) is 2.47. The molecular formula is C17H23N3O. The summed E-state index contributed by atoms with van der Waals surface area (Å²) in [4.78, 5) is 14.4. The molecule has 0 aliphatic carbocycles. The van der Waals surface area contributed by atoms with Crippen molar-refractivity contribution in [3.05, 3.63) is 35.4 Å². The van der Waals surface area contributed by atoms with E-state index in [1.54, 1.807) is 17.0 Å². The van der Waals surface area contributed by atoms with Gasteiger partial charge >= 0.3 is 0 Å². The molecule has 0 aromatic heterocycles. The number of nitrogens with one attached hydrogen (secondary N) is 1. The van der Waals surface area contributed by atoms with E-state index in [2.05, 4.69) is 25.2 Å². The number of rotatable bonds is 3. The first-order chi connectivity index (χ1) is 9.94. The van der Waals surface area contributed by atoms with Gasteiger partial charge in [0, 0.05) is 13.6 Å². The van der Waals surface area contributed by atoms with Crippen LogP contribution in [0.3, 0.4) is 0 Å². The Morgan fingerprint density at radius 1 is 1.43 bits per heavy atom. The highest BCUT2D eigenvalue weighted by molar-refractivity contribution is 5.82. The van der Waals surface area contributed by atoms with Crippen LogP contribution in [0.25, 0.3) is 0 Å². The molecule has 1 aromatic rings. The molecular weight excluding hydrogens is 262 g/mol. The number of carbonyl (C=O) groups is 1. The average molecular weight is 285 g/mol. The molecule has 0 radical (unpaired) electrons. The second-order valence-electron chi connectivity index (χ2n) is 6.48. The van der Waals surface area contributed by atoms with E-state index in [0.717, 1.165) is 24.9 Å².